The number of aliphatic hydroxyl groups is 1. The zero-order chi connectivity index (χ0) is 12.0. The fourth-order valence-electron chi connectivity index (χ4n) is 1.52. The zero-order valence-corrected chi connectivity index (χ0v) is 10.9. The first-order valence-electron chi connectivity index (χ1n) is 5.44. The molecule has 16 heavy (non-hydrogen) atoms. The van der Waals surface area contributed by atoms with E-state index in [4.69, 9.17) is 28.3 Å². The Labute approximate surface area is 107 Å². The van der Waals surface area contributed by atoms with Gasteiger partial charge >= 0.3 is 0 Å². The topological polar surface area (TPSA) is 32.3 Å². The van der Waals surface area contributed by atoms with Crippen LogP contribution in [-0.2, 0) is 0 Å². The van der Waals surface area contributed by atoms with Crippen LogP contribution in [-0.4, -0.2) is 18.3 Å². The fourth-order valence-corrected chi connectivity index (χ4v) is 2.09. The normalized spacial score (nSPS) is 12.8. The van der Waals surface area contributed by atoms with Gasteiger partial charge in [-0.25, -0.2) is 0 Å². The van der Waals surface area contributed by atoms with Gasteiger partial charge in [0, 0.05) is 22.7 Å². The van der Waals surface area contributed by atoms with Crippen LogP contribution in [0.5, 0.6) is 0 Å². The zero-order valence-electron chi connectivity index (χ0n) is 9.34. The van der Waals surface area contributed by atoms with Crippen LogP contribution in [0, 0.1) is 0 Å². The SMILES string of the molecule is CC(NCCCCO)c1ccc(Cl)cc1Cl. The van der Waals surface area contributed by atoms with Gasteiger partial charge in [0.15, 0.2) is 0 Å². The van der Waals surface area contributed by atoms with Crippen LogP contribution in [0.25, 0.3) is 0 Å². The van der Waals surface area contributed by atoms with Crippen molar-refractivity contribution < 1.29 is 5.11 Å². The Morgan fingerprint density at radius 2 is 2.06 bits per heavy atom. The van der Waals surface area contributed by atoms with Crippen LogP contribution in [0.4, 0.5) is 0 Å². The largest absolute Gasteiger partial charge is 0.396 e. The highest BCUT2D eigenvalue weighted by molar-refractivity contribution is 6.35. The molecule has 1 atom stereocenters. The molecule has 0 spiro atoms. The summed E-state index contributed by atoms with van der Waals surface area (Å²) in [6.45, 7) is 3.19. The van der Waals surface area contributed by atoms with E-state index < -0.39 is 0 Å². The molecule has 2 N–H and O–H groups in total. The first-order chi connectivity index (χ1) is 7.65. The summed E-state index contributed by atoms with van der Waals surface area (Å²) in [5.74, 6) is 0. The molecule has 0 bridgehead atoms. The van der Waals surface area contributed by atoms with E-state index >= 15 is 0 Å². The molecule has 90 valence electrons. The summed E-state index contributed by atoms with van der Waals surface area (Å²) in [5, 5.41) is 13.4. The van der Waals surface area contributed by atoms with Crippen molar-refractivity contribution in [2.24, 2.45) is 0 Å². The van der Waals surface area contributed by atoms with Crippen LogP contribution in [0.2, 0.25) is 10.0 Å². The van der Waals surface area contributed by atoms with E-state index in [1.807, 2.05) is 12.1 Å². The van der Waals surface area contributed by atoms with Crippen molar-refractivity contribution in [3.63, 3.8) is 0 Å². The van der Waals surface area contributed by atoms with E-state index in [9.17, 15) is 0 Å². The first-order valence-corrected chi connectivity index (χ1v) is 6.20. The van der Waals surface area contributed by atoms with Crippen molar-refractivity contribution >= 4 is 23.2 Å². The highest BCUT2D eigenvalue weighted by atomic mass is 35.5. The number of nitrogens with one attached hydrogen (secondary N) is 1. The quantitative estimate of drug-likeness (QED) is 0.770. The molecule has 0 amide bonds. The Balaban J connectivity index is 2.49. The lowest BCUT2D eigenvalue weighted by atomic mass is 10.1. The molecule has 1 aromatic rings. The van der Waals surface area contributed by atoms with E-state index in [2.05, 4.69) is 12.2 Å². The van der Waals surface area contributed by atoms with Gasteiger partial charge in [0.2, 0.25) is 0 Å². The van der Waals surface area contributed by atoms with E-state index in [1.54, 1.807) is 6.07 Å². The van der Waals surface area contributed by atoms with Gasteiger partial charge in [-0.1, -0.05) is 29.3 Å². The van der Waals surface area contributed by atoms with Crippen LogP contribution in [0.15, 0.2) is 18.2 Å². The summed E-state index contributed by atoms with van der Waals surface area (Å²) >= 11 is 11.9. The number of halogens is 2. The second-order valence-electron chi connectivity index (χ2n) is 3.77. The molecule has 1 unspecified atom stereocenters. The molecule has 1 rings (SSSR count). The molecule has 0 fully saturated rings. The van der Waals surface area contributed by atoms with Crippen LogP contribution < -0.4 is 5.32 Å². The minimum atomic E-state index is 0.198. The fraction of sp³-hybridized carbons (Fsp3) is 0.500. The van der Waals surface area contributed by atoms with Gasteiger partial charge in [0.1, 0.15) is 0 Å². The minimum absolute atomic E-state index is 0.198. The van der Waals surface area contributed by atoms with Crippen LogP contribution >= 0.6 is 23.2 Å². The number of unbranched alkanes of at least 4 members (excludes halogenated alkanes) is 1. The summed E-state index contributed by atoms with van der Waals surface area (Å²) in [4.78, 5) is 0. The number of rotatable bonds is 6. The highest BCUT2D eigenvalue weighted by Crippen LogP contribution is 2.25. The second-order valence-corrected chi connectivity index (χ2v) is 4.62. The molecule has 4 heteroatoms. The Bertz CT molecular complexity index is 331. The van der Waals surface area contributed by atoms with Gasteiger partial charge in [-0.3, -0.25) is 0 Å². The molecule has 0 aliphatic carbocycles. The predicted molar refractivity (Wildman–Crippen MR) is 69.2 cm³/mol. The van der Waals surface area contributed by atoms with E-state index in [0.717, 1.165) is 24.9 Å². The average molecular weight is 262 g/mol. The number of hydrogen-bond acceptors (Lipinski definition) is 2. The molecule has 0 aliphatic heterocycles. The third-order valence-corrected chi connectivity index (χ3v) is 3.03. The monoisotopic (exact) mass is 261 g/mol. The number of hydrogen-bond donors (Lipinski definition) is 2. The molecule has 0 saturated carbocycles. The van der Waals surface area contributed by atoms with Crippen molar-refractivity contribution in [1.82, 2.24) is 5.32 Å². The standard InChI is InChI=1S/C12H17Cl2NO/c1-9(15-6-2-3-7-16)11-5-4-10(13)8-12(11)14/h4-5,8-9,15-16H,2-3,6-7H2,1H3. The summed E-state index contributed by atoms with van der Waals surface area (Å²) in [6, 6.07) is 5.73. The molecule has 0 heterocycles. The predicted octanol–water partition coefficient (Wildman–Crippen LogP) is 3.42. The molecule has 0 radical (unpaired) electrons. The van der Waals surface area contributed by atoms with Crippen molar-refractivity contribution in [3.05, 3.63) is 33.8 Å². The molecule has 1 aromatic carbocycles. The van der Waals surface area contributed by atoms with Gasteiger partial charge in [-0.05, 0) is 44.0 Å². The lowest BCUT2D eigenvalue weighted by Gasteiger charge is -2.15. The van der Waals surface area contributed by atoms with Crippen LogP contribution in [0.3, 0.4) is 0 Å². The molecule has 0 aliphatic rings. The number of aliphatic hydroxyl groups excluding tert-OH is 1. The Morgan fingerprint density at radius 1 is 1.31 bits per heavy atom. The third kappa shape index (κ3) is 4.30. The van der Waals surface area contributed by atoms with Gasteiger partial charge in [-0.15, -0.1) is 0 Å². The Hall–Kier alpha value is -0.280. The second kappa shape index (κ2) is 7.13. The molecular formula is C12H17Cl2NO. The van der Waals surface area contributed by atoms with Gasteiger partial charge < -0.3 is 10.4 Å². The van der Waals surface area contributed by atoms with Crippen molar-refractivity contribution in [3.8, 4) is 0 Å². The first kappa shape index (κ1) is 13.8. The minimum Gasteiger partial charge on any atom is -0.396 e. The highest BCUT2D eigenvalue weighted by Gasteiger charge is 2.08. The van der Waals surface area contributed by atoms with Gasteiger partial charge in [-0.2, -0.15) is 0 Å². The molecule has 0 aromatic heterocycles. The summed E-state index contributed by atoms with van der Waals surface area (Å²) in [5.41, 5.74) is 1.05. The van der Waals surface area contributed by atoms with E-state index in [0.29, 0.717) is 10.0 Å². The lowest BCUT2D eigenvalue weighted by Crippen LogP contribution is -2.20. The molecule has 2 nitrogen and oxygen atoms in total. The third-order valence-electron chi connectivity index (χ3n) is 2.46. The van der Waals surface area contributed by atoms with E-state index in [-0.39, 0.29) is 12.6 Å². The van der Waals surface area contributed by atoms with E-state index in [1.165, 1.54) is 0 Å². The smallest absolute Gasteiger partial charge is 0.0468 e. The summed E-state index contributed by atoms with van der Waals surface area (Å²) in [6.07, 6.45) is 1.79. The Morgan fingerprint density at radius 3 is 2.69 bits per heavy atom. The maximum Gasteiger partial charge on any atom is 0.0468 e. The maximum absolute atomic E-state index is 8.66. The maximum atomic E-state index is 8.66. The Kier molecular flexibility index (Phi) is 6.14. The van der Waals surface area contributed by atoms with Crippen molar-refractivity contribution in [1.29, 1.82) is 0 Å². The lowest BCUT2D eigenvalue weighted by molar-refractivity contribution is 0.283. The van der Waals surface area contributed by atoms with Gasteiger partial charge in [0.25, 0.3) is 0 Å². The number of benzene rings is 1. The summed E-state index contributed by atoms with van der Waals surface area (Å²) < 4.78 is 0. The van der Waals surface area contributed by atoms with Gasteiger partial charge in [0.05, 0.1) is 0 Å². The summed E-state index contributed by atoms with van der Waals surface area (Å²) in [7, 11) is 0. The average Bonchev–Trinajstić information content (AvgIpc) is 2.24. The molecule has 0 saturated heterocycles. The van der Waals surface area contributed by atoms with Crippen molar-refractivity contribution in [2.75, 3.05) is 13.2 Å². The van der Waals surface area contributed by atoms with Crippen LogP contribution in [0.1, 0.15) is 31.4 Å². The molecular weight excluding hydrogens is 245 g/mol. The van der Waals surface area contributed by atoms with Crippen molar-refractivity contribution in [2.45, 2.75) is 25.8 Å².